The Morgan fingerprint density at radius 2 is 0.692 bits per heavy atom. The first-order chi connectivity index (χ1) is 12.8. The Morgan fingerprint density at radius 3 is 0.962 bits per heavy atom. The number of rotatable bonds is 22. The van der Waals surface area contributed by atoms with Crippen molar-refractivity contribution in [1.82, 2.24) is 4.90 Å². The van der Waals surface area contributed by atoms with E-state index < -0.39 is 0 Å². The number of hydrogen-bond donors (Lipinski definition) is 1. The predicted molar refractivity (Wildman–Crippen MR) is 120 cm³/mol. The zero-order chi connectivity index (χ0) is 19.1. The van der Waals surface area contributed by atoms with Crippen molar-refractivity contribution in [2.75, 3.05) is 26.2 Å². The van der Waals surface area contributed by atoms with Crippen molar-refractivity contribution < 1.29 is 0 Å². The van der Waals surface area contributed by atoms with Crippen LogP contribution >= 0.6 is 0 Å². The van der Waals surface area contributed by atoms with Crippen LogP contribution in [0.3, 0.4) is 0 Å². The molecule has 2 nitrogen and oxygen atoms in total. The molecule has 0 aromatic heterocycles. The summed E-state index contributed by atoms with van der Waals surface area (Å²) in [6, 6.07) is 0. The summed E-state index contributed by atoms with van der Waals surface area (Å²) in [5.74, 6) is 0. The van der Waals surface area contributed by atoms with E-state index in [4.69, 9.17) is 5.73 Å². The first-order valence-electron chi connectivity index (χ1n) is 12.3. The SMILES string of the molecule is CCN(CC)CCCCCCCCCCCCCCCCCCCCN. The lowest BCUT2D eigenvalue weighted by molar-refractivity contribution is 0.295. The van der Waals surface area contributed by atoms with Gasteiger partial charge in [-0.15, -0.1) is 0 Å². The molecule has 2 heteroatoms. The molecule has 0 aliphatic rings. The van der Waals surface area contributed by atoms with E-state index >= 15 is 0 Å². The number of unbranched alkanes of at least 4 members (excludes halogenated alkanes) is 17. The Labute approximate surface area is 166 Å². The van der Waals surface area contributed by atoms with Crippen molar-refractivity contribution in [2.24, 2.45) is 5.73 Å². The third kappa shape index (κ3) is 20.2. The van der Waals surface area contributed by atoms with Gasteiger partial charge in [0.25, 0.3) is 0 Å². The summed E-state index contributed by atoms with van der Waals surface area (Å²) in [4.78, 5) is 2.55. The summed E-state index contributed by atoms with van der Waals surface area (Å²) in [5.41, 5.74) is 5.52. The second-order valence-corrected chi connectivity index (χ2v) is 8.18. The summed E-state index contributed by atoms with van der Waals surface area (Å²) < 4.78 is 0. The average molecular weight is 369 g/mol. The van der Waals surface area contributed by atoms with Gasteiger partial charge in [-0.25, -0.2) is 0 Å². The van der Waals surface area contributed by atoms with Gasteiger partial charge in [-0.2, -0.15) is 0 Å². The summed E-state index contributed by atoms with van der Waals surface area (Å²) in [6.07, 6.45) is 25.8. The van der Waals surface area contributed by atoms with Gasteiger partial charge >= 0.3 is 0 Å². The fourth-order valence-corrected chi connectivity index (χ4v) is 3.85. The number of nitrogens with two attached hydrogens (primary N) is 1. The van der Waals surface area contributed by atoms with Crippen LogP contribution in [0.1, 0.15) is 129 Å². The maximum atomic E-state index is 5.52. The molecule has 158 valence electrons. The van der Waals surface area contributed by atoms with Crippen LogP contribution in [0.5, 0.6) is 0 Å². The Balaban J connectivity index is 3.03. The molecule has 0 aromatic rings. The van der Waals surface area contributed by atoms with Crippen LogP contribution in [0.4, 0.5) is 0 Å². The van der Waals surface area contributed by atoms with E-state index in [-0.39, 0.29) is 0 Å². The quantitative estimate of drug-likeness (QED) is 0.203. The second kappa shape index (κ2) is 23.0. The van der Waals surface area contributed by atoms with Gasteiger partial charge < -0.3 is 10.6 Å². The molecule has 0 aromatic carbocycles. The van der Waals surface area contributed by atoms with Crippen molar-refractivity contribution in [1.29, 1.82) is 0 Å². The lowest BCUT2D eigenvalue weighted by Crippen LogP contribution is -2.23. The van der Waals surface area contributed by atoms with Gasteiger partial charge in [0.05, 0.1) is 0 Å². The molecule has 0 aliphatic carbocycles. The molecule has 0 aliphatic heterocycles. The largest absolute Gasteiger partial charge is 0.330 e. The van der Waals surface area contributed by atoms with E-state index in [1.54, 1.807) is 0 Å². The molecular formula is C24H52N2. The van der Waals surface area contributed by atoms with Gasteiger partial charge in [0.15, 0.2) is 0 Å². The highest BCUT2D eigenvalue weighted by Crippen LogP contribution is 2.14. The van der Waals surface area contributed by atoms with Crippen LogP contribution in [0.25, 0.3) is 0 Å². The molecular weight excluding hydrogens is 316 g/mol. The smallest absolute Gasteiger partial charge is 0.00190 e. The Bertz CT molecular complexity index is 238. The van der Waals surface area contributed by atoms with Gasteiger partial charge in [0.1, 0.15) is 0 Å². The minimum Gasteiger partial charge on any atom is -0.330 e. The van der Waals surface area contributed by atoms with Crippen molar-refractivity contribution in [3.63, 3.8) is 0 Å². The molecule has 0 rings (SSSR count). The van der Waals surface area contributed by atoms with E-state index in [0.29, 0.717) is 0 Å². The van der Waals surface area contributed by atoms with Gasteiger partial charge in [0, 0.05) is 0 Å². The number of nitrogens with zero attached hydrogens (tertiary/aromatic N) is 1. The van der Waals surface area contributed by atoms with Crippen LogP contribution in [0.2, 0.25) is 0 Å². The van der Waals surface area contributed by atoms with E-state index in [0.717, 1.165) is 6.54 Å². The van der Waals surface area contributed by atoms with Crippen LogP contribution in [-0.4, -0.2) is 31.1 Å². The minimum absolute atomic E-state index is 0.872. The molecule has 0 atom stereocenters. The molecule has 0 fully saturated rings. The Kier molecular flexibility index (Phi) is 22.9. The average Bonchev–Trinajstić information content (AvgIpc) is 2.66. The molecule has 26 heavy (non-hydrogen) atoms. The fourth-order valence-electron chi connectivity index (χ4n) is 3.85. The Hall–Kier alpha value is -0.0800. The highest BCUT2D eigenvalue weighted by atomic mass is 15.1. The van der Waals surface area contributed by atoms with Crippen LogP contribution in [0, 0.1) is 0 Å². The summed E-state index contributed by atoms with van der Waals surface area (Å²) in [7, 11) is 0. The van der Waals surface area contributed by atoms with Gasteiger partial charge in [-0.1, -0.05) is 117 Å². The van der Waals surface area contributed by atoms with E-state index in [2.05, 4.69) is 18.7 Å². The molecule has 0 saturated carbocycles. The third-order valence-electron chi connectivity index (χ3n) is 5.82. The van der Waals surface area contributed by atoms with Crippen molar-refractivity contribution >= 4 is 0 Å². The van der Waals surface area contributed by atoms with Gasteiger partial charge in [-0.05, 0) is 39.0 Å². The second-order valence-electron chi connectivity index (χ2n) is 8.18. The molecule has 0 saturated heterocycles. The van der Waals surface area contributed by atoms with Crippen LogP contribution in [0.15, 0.2) is 0 Å². The van der Waals surface area contributed by atoms with Crippen molar-refractivity contribution in [2.45, 2.75) is 129 Å². The van der Waals surface area contributed by atoms with Crippen molar-refractivity contribution in [3.05, 3.63) is 0 Å². The monoisotopic (exact) mass is 368 g/mol. The summed E-state index contributed by atoms with van der Waals surface area (Å²) in [6.45, 7) is 9.15. The van der Waals surface area contributed by atoms with Crippen molar-refractivity contribution in [3.8, 4) is 0 Å². The molecule has 0 heterocycles. The Morgan fingerprint density at radius 1 is 0.423 bits per heavy atom. The predicted octanol–water partition coefficient (Wildman–Crippen LogP) is 7.31. The first-order valence-corrected chi connectivity index (χ1v) is 12.3. The maximum absolute atomic E-state index is 5.52. The molecule has 0 spiro atoms. The summed E-state index contributed by atoms with van der Waals surface area (Å²) >= 11 is 0. The lowest BCUT2D eigenvalue weighted by Gasteiger charge is -2.17. The molecule has 2 N–H and O–H groups in total. The standard InChI is InChI=1S/C24H52N2/c1-3-26(4-2)24-22-20-18-16-14-12-10-8-6-5-7-9-11-13-15-17-19-21-23-25/h3-25H2,1-2H3. The lowest BCUT2D eigenvalue weighted by atomic mass is 10.0. The van der Waals surface area contributed by atoms with Crippen LogP contribution in [-0.2, 0) is 0 Å². The minimum atomic E-state index is 0.872. The molecule has 0 radical (unpaired) electrons. The van der Waals surface area contributed by atoms with E-state index in [1.807, 2.05) is 0 Å². The van der Waals surface area contributed by atoms with Gasteiger partial charge in [0.2, 0.25) is 0 Å². The molecule has 0 bridgehead atoms. The number of hydrogen-bond acceptors (Lipinski definition) is 2. The topological polar surface area (TPSA) is 29.3 Å². The maximum Gasteiger partial charge on any atom is -0.00190 e. The fraction of sp³-hybridized carbons (Fsp3) is 1.00. The highest BCUT2D eigenvalue weighted by molar-refractivity contribution is 4.54. The van der Waals surface area contributed by atoms with E-state index in [9.17, 15) is 0 Å². The highest BCUT2D eigenvalue weighted by Gasteiger charge is 1.98. The normalized spacial score (nSPS) is 11.5. The van der Waals surface area contributed by atoms with Crippen LogP contribution < -0.4 is 5.73 Å². The molecule has 0 amide bonds. The third-order valence-corrected chi connectivity index (χ3v) is 5.82. The summed E-state index contributed by atoms with van der Waals surface area (Å²) in [5, 5.41) is 0. The first kappa shape index (κ1) is 25.9. The zero-order valence-corrected chi connectivity index (χ0v) is 18.6. The van der Waals surface area contributed by atoms with Gasteiger partial charge in [-0.3, -0.25) is 0 Å². The molecule has 0 unspecified atom stereocenters. The zero-order valence-electron chi connectivity index (χ0n) is 18.6. The van der Waals surface area contributed by atoms with E-state index in [1.165, 1.54) is 135 Å².